The van der Waals surface area contributed by atoms with Crippen LogP contribution in [0.25, 0.3) is 0 Å². The van der Waals surface area contributed by atoms with Crippen LogP contribution >= 0.6 is 0 Å². The Morgan fingerprint density at radius 1 is 1.43 bits per heavy atom. The molecule has 0 bridgehead atoms. The summed E-state index contributed by atoms with van der Waals surface area (Å²) in [5.74, 6) is 0.178. The zero-order valence-electron chi connectivity index (χ0n) is 12.6. The fourth-order valence-electron chi connectivity index (χ4n) is 1.88. The minimum Gasteiger partial charge on any atom is -0.477 e. The van der Waals surface area contributed by atoms with Gasteiger partial charge in [-0.1, -0.05) is 13.8 Å². The summed E-state index contributed by atoms with van der Waals surface area (Å²) in [5.41, 5.74) is 6.61. The predicted molar refractivity (Wildman–Crippen MR) is 82.1 cm³/mol. The van der Waals surface area contributed by atoms with Gasteiger partial charge in [-0.3, -0.25) is 4.79 Å². The van der Waals surface area contributed by atoms with Crippen LogP contribution in [0.3, 0.4) is 0 Å². The molecule has 1 aromatic rings. The average Bonchev–Trinajstić information content (AvgIpc) is 2.50. The second-order valence-corrected chi connectivity index (χ2v) is 4.48. The van der Waals surface area contributed by atoms with E-state index in [1.165, 1.54) is 0 Å². The molecule has 0 radical (unpaired) electrons. The zero-order chi connectivity index (χ0) is 15.7. The number of amides is 1. The Morgan fingerprint density at radius 3 is 2.76 bits per heavy atom. The number of nitrogens with one attached hydrogen (secondary N) is 1. The molecule has 0 unspecified atom stereocenters. The fourth-order valence-corrected chi connectivity index (χ4v) is 1.88. The van der Waals surface area contributed by atoms with Crippen molar-refractivity contribution in [2.45, 2.75) is 13.8 Å². The van der Waals surface area contributed by atoms with Crippen molar-refractivity contribution in [1.82, 2.24) is 10.2 Å². The van der Waals surface area contributed by atoms with Gasteiger partial charge in [-0.25, -0.2) is 0 Å². The molecule has 0 fully saturated rings. The van der Waals surface area contributed by atoms with E-state index in [2.05, 4.69) is 24.1 Å². The van der Waals surface area contributed by atoms with E-state index in [0.717, 1.165) is 19.6 Å². The first-order valence-corrected chi connectivity index (χ1v) is 7.02. The maximum Gasteiger partial charge on any atom is 0.251 e. The van der Waals surface area contributed by atoms with Crippen LogP contribution in [-0.2, 0) is 0 Å². The highest BCUT2D eigenvalue weighted by molar-refractivity contribution is 5.95. The number of benzene rings is 1. The maximum absolute atomic E-state index is 12.0. The SMILES string of the molecule is CCN(CC)CCNC(=O)c1ccc(N)c(OCC#N)c1. The number of carbonyl (C=O) groups excluding carboxylic acids is 1. The number of hydrogen-bond acceptors (Lipinski definition) is 5. The minimum absolute atomic E-state index is 0.1000. The van der Waals surface area contributed by atoms with Crippen LogP contribution in [0.1, 0.15) is 24.2 Å². The van der Waals surface area contributed by atoms with Crippen molar-refractivity contribution in [3.05, 3.63) is 23.8 Å². The highest BCUT2D eigenvalue weighted by Crippen LogP contribution is 2.22. The van der Waals surface area contributed by atoms with Gasteiger partial charge < -0.3 is 20.7 Å². The Balaban J connectivity index is 2.60. The van der Waals surface area contributed by atoms with Gasteiger partial charge in [0.25, 0.3) is 5.91 Å². The van der Waals surface area contributed by atoms with Gasteiger partial charge >= 0.3 is 0 Å². The number of nitriles is 1. The number of nitrogens with two attached hydrogens (primary N) is 1. The molecule has 0 spiro atoms. The lowest BCUT2D eigenvalue weighted by molar-refractivity contribution is 0.0948. The number of carbonyl (C=O) groups is 1. The molecule has 0 aliphatic carbocycles. The number of nitrogen functional groups attached to an aromatic ring is 1. The summed E-state index contributed by atoms with van der Waals surface area (Å²) < 4.78 is 5.18. The lowest BCUT2D eigenvalue weighted by atomic mass is 10.2. The number of rotatable bonds is 8. The van der Waals surface area contributed by atoms with Gasteiger partial charge in [0.2, 0.25) is 0 Å². The minimum atomic E-state index is -0.177. The first-order chi connectivity index (χ1) is 10.1. The molecule has 0 aromatic heterocycles. The molecular weight excluding hydrogens is 268 g/mol. The average molecular weight is 290 g/mol. The number of nitrogens with zero attached hydrogens (tertiary/aromatic N) is 2. The third kappa shape index (κ3) is 5.32. The third-order valence-electron chi connectivity index (χ3n) is 3.18. The van der Waals surface area contributed by atoms with Gasteiger partial charge in [0.15, 0.2) is 6.61 Å². The van der Waals surface area contributed by atoms with E-state index in [-0.39, 0.29) is 12.5 Å². The highest BCUT2D eigenvalue weighted by Gasteiger charge is 2.09. The molecule has 0 saturated carbocycles. The summed E-state index contributed by atoms with van der Waals surface area (Å²) in [6.07, 6.45) is 0. The number of ether oxygens (including phenoxy) is 1. The molecule has 1 aromatic carbocycles. The van der Waals surface area contributed by atoms with Crippen LogP contribution in [-0.4, -0.2) is 43.6 Å². The van der Waals surface area contributed by atoms with E-state index in [4.69, 9.17) is 15.7 Å². The monoisotopic (exact) mass is 290 g/mol. The van der Waals surface area contributed by atoms with Crippen molar-refractivity contribution in [3.8, 4) is 11.8 Å². The largest absolute Gasteiger partial charge is 0.477 e. The molecule has 0 aliphatic heterocycles. The Labute approximate surface area is 125 Å². The first-order valence-electron chi connectivity index (χ1n) is 7.02. The normalized spacial score (nSPS) is 10.2. The molecule has 1 amide bonds. The van der Waals surface area contributed by atoms with Crippen LogP contribution in [0, 0.1) is 11.3 Å². The zero-order valence-corrected chi connectivity index (χ0v) is 12.6. The standard InChI is InChI=1S/C15H22N4O2/c1-3-19(4-2)9-8-18-15(20)12-5-6-13(17)14(11-12)21-10-7-16/h5-6,11H,3-4,8-10,17H2,1-2H3,(H,18,20). The Kier molecular flexibility index (Phi) is 7.05. The maximum atomic E-state index is 12.0. The summed E-state index contributed by atoms with van der Waals surface area (Å²) in [6.45, 7) is 7.39. The van der Waals surface area contributed by atoms with E-state index in [1.807, 2.05) is 6.07 Å². The third-order valence-corrected chi connectivity index (χ3v) is 3.18. The van der Waals surface area contributed by atoms with E-state index < -0.39 is 0 Å². The lowest BCUT2D eigenvalue weighted by Crippen LogP contribution is -2.34. The van der Waals surface area contributed by atoms with Crippen LogP contribution in [0.15, 0.2) is 18.2 Å². The number of hydrogen-bond donors (Lipinski definition) is 2. The van der Waals surface area contributed by atoms with Crippen LogP contribution < -0.4 is 15.8 Å². The number of anilines is 1. The van der Waals surface area contributed by atoms with Crippen molar-refractivity contribution < 1.29 is 9.53 Å². The molecule has 0 atom stereocenters. The van der Waals surface area contributed by atoms with E-state index >= 15 is 0 Å². The van der Waals surface area contributed by atoms with E-state index in [9.17, 15) is 4.79 Å². The summed E-state index contributed by atoms with van der Waals surface area (Å²) in [5, 5.41) is 11.4. The first kappa shape index (κ1) is 16.8. The molecule has 1 rings (SSSR count). The van der Waals surface area contributed by atoms with Gasteiger partial charge in [-0.05, 0) is 31.3 Å². The molecule has 0 aliphatic rings. The highest BCUT2D eigenvalue weighted by atomic mass is 16.5. The lowest BCUT2D eigenvalue weighted by Gasteiger charge is -2.18. The summed E-state index contributed by atoms with van der Waals surface area (Å²) in [4.78, 5) is 14.3. The van der Waals surface area contributed by atoms with Gasteiger partial charge in [0.05, 0.1) is 5.69 Å². The van der Waals surface area contributed by atoms with Crippen molar-refractivity contribution in [1.29, 1.82) is 5.26 Å². The van der Waals surface area contributed by atoms with Gasteiger partial charge in [0.1, 0.15) is 11.8 Å². The fraction of sp³-hybridized carbons (Fsp3) is 0.467. The Morgan fingerprint density at radius 2 is 2.14 bits per heavy atom. The summed E-state index contributed by atoms with van der Waals surface area (Å²) in [6, 6.07) is 6.67. The van der Waals surface area contributed by atoms with Gasteiger partial charge in [-0.2, -0.15) is 5.26 Å². The molecule has 21 heavy (non-hydrogen) atoms. The Bertz CT molecular complexity index is 507. The molecule has 0 heterocycles. The molecule has 6 heteroatoms. The topological polar surface area (TPSA) is 91.4 Å². The number of likely N-dealkylation sites (N-methyl/N-ethyl adjacent to an activating group) is 1. The summed E-state index contributed by atoms with van der Waals surface area (Å²) >= 11 is 0. The second-order valence-electron chi connectivity index (χ2n) is 4.48. The van der Waals surface area contributed by atoms with Crippen molar-refractivity contribution >= 4 is 11.6 Å². The van der Waals surface area contributed by atoms with Crippen LogP contribution in [0.2, 0.25) is 0 Å². The van der Waals surface area contributed by atoms with Gasteiger partial charge in [-0.15, -0.1) is 0 Å². The van der Waals surface area contributed by atoms with E-state index in [1.54, 1.807) is 18.2 Å². The quantitative estimate of drug-likeness (QED) is 0.703. The van der Waals surface area contributed by atoms with Crippen molar-refractivity contribution in [2.75, 3.05) is 38.5 Å². The van der Waals surface area contributed by atoms with Crippen molar-refractivity contribution in [2.24, 2.45) is 0 Å². The Hall–Kier alpha value is -2.26. The summed E-state index contributed by atoms with van der Waals surface area (Å²) in [7, 11) is 0. The predicted octanol–water partition coefficient (Wildman–Crippen LogP) is 1.24. The smallest absolute Gasteiger partial charge is 0.251 e. The van der Waals surface area contributed by atoms with Crippen molar-refractivity contribution in [3.63, 3.8) is 0 Å². The van der Waals surface area contributed by atoms with Gasteiger partial charge in [0, 0.05) is 18.7 Å². The second kappa shape index (κ2) is 8.82. The van der Waals surface area contributed by atoms with Crippen LogP contribution in [0.5, 0.6) is 5.75 Å². The molecule has 114 valence electrons. The molecule has 0 saturated heterocycles. The molecular formula is C15H22N4O2. The van der Waals surface area contributed by atoms with Crippen LogP contribution in [0.4, 0.5) is 5.69 Å². The molecule has 6 nitrogen and oxygen atoms in total. The van der Waals surface area contributed by atoms with E-state index in [0.29, 0.717) is 23.5 Å². The molecule has 3 N–H and O–H groups in total.